The van der Waals surface area contributed by atoms with Gasteiger partial charge < -0.3 is 10.5 Å². The number of hydrogen-bond acceptors (Lipinski definition) is 2. The smallest absolute Gasteiger partial charge is 0.0809 e. The van der Waals surface area contributed by atoms with E-state index in [1.807, 2.05) is 6.92 Å². The molecule has 0 atom stereocenters. The van der Waals surface area contributed by atoms with E-state index in [1.165, 1.54) is 0 Å². The Balaban J connectivity index is 2.32. The average Bonchev–Trinajstić information content (AvgIpc) is 1.84. The van der Waals surface area contributed by atoms with Crippen molar-refractivity contribution in [1.82, 2.24) is 0 Å². The topological polar surface area (TPSA) is 35.2 Å². The number of ether oxygens (including phenoxy) is 1. The van der Waals surface area contributed by atoms with Crippen LogP contribution in [0.4, 0.5) is 0 Å². The fourth-order valence-corrected chi connectivity index (χ4v) is 1.86. The zero-order valence-corrected chi connectivity index (χ0v) is 6.89. The minimum Gasteiger partial charge on any atom is -0.374 e. The molecular formula is C8H17NO. The molecule has 0 aromatic heterocycles. The second-order valence-electron chi connectivity index (χ2n) is 3.33. The van der Waals surface area contributed by atoms with E-state index in [2.05, 4.69) is 6.92 Å². The summed E-state index contributed by atoms with van der Waals surface area (Å²) in [5, 5.41) is 0. The molecule has 0 radical (unpaired) electrons. The average molecular weight is 143 g/mol. The third kappa shape index (κ3) is 1.32. The molecule has 0 unspecified atom stereocenters. The zero-order chi connectivity index (χ0) is 7.61. The van der Waals surface area contributed by atoms with E-state index in [1.54, 1.807) is 0 Å². The second-order valence-corrected chi connectivity index (χ2v) is 3.33. The van der Waals surface area contributed by atoms with Crippen LogP contribution in [0.15, 0.2) is 0 Å². The summed E-state index contributed by atoms with van der Waals surface area (Å²) in [7, 11) is 0. The van der Waals surface area contributed by atoms with Gasteiger partial charge in [-0.05, 0) is 25.7 Å². The van der Waals surface area contributed by atoms with Crippen molar-refractivity contribution >= 4 is 0 Å². The molecule has 1 saturated carbocycles. The van der Waals surface area contributed by atoms with E-state index in [0.29, 0.717) is 6.54 Å². The van der Waals surface area contributed by atoms with Crippen molar-refractivity contribution in [2.75, 3.05) is 13.2 Å². The normalized spacial score (nSPS) is 39.3. The maximum Gasteiger partial charge on any atom is 0.0809 e. The van der Waals surface area contributed by atoms with Crippen molar-refractivity contribution in [2.45, 2.75) is 32.3 Å². The standard InChI is InChI=1S/C8H17NO/c1-3-10-8(6-9)4-7(2)5-8/h7H,3-6,9H2,1-2H3. The van der Waals surface area contributed by atoms with Gasteiger partial charge in [-0.2, -0.15) is 0 Å². The van der Waals surface area contributed by atoms with Crippen LogP contribution in [-0.4, -0.2) is 18.8 Å². The third-order valence-corrected chi connectivity index (χ3v) is 2.26. The second kappa shape index (κ2) is 2.89. The Labute approximate surface area is 62.7 Å². The highest BCUT2D eigenvalue weighted by molar-refractivity contribution is 4.94. The summed E-state index contributed by atoms with van der Waals surface area (Å²) in [6.45, 7) is 5.75. The highest BCUT2D eigenvalue weighted by Gasteiger charge is 2.41. The van der Waals surface area contributed by atoms with Gasteiger partial charge in [0.25, 0.3) is 0 Å². The van der Waals surface area contributed by atoms with E-state index < -0.39 is 0 Å². The molecule has 1 aliphatic carbocycles. The molecule has 0 aliphatic heterocycles. The summed E-state index contributed by atoms with van der Waals surface area (Å²) in [4.78, 5) is 0. The molecule has 0 aromatic rings. The lowest BCUT2D eigenvalue weighted by Crippen LogP contribution is -2.51. The molecule has 1 aliphatic rings. The fourth-order valence-electron chi connectivity index (χ4n) is 1.86. The van der Waals surface area contributed by atoms with Crippen LogP contribution in [0.3, 0.4) is 0 Å². The van der Waals surface area contributed by atoms with Crippen LogP contribution in [0.1, 0.15) is 26.7 Å². The van der Waals surface area contributed by atoms with Crippen molar-refractivity contribution in [3.05, 3.63) is 0 Å². The SMILES string of the molecule is CCOC1(CN)CC(C)C1. The van der Waals surface area contributed by atoms with Gasteiger partial charge in [-0.3, -0.25) is 0 Å². The van der Waals surface area contributed by atoms with Crippen LogP contribution < -0.4 is 5.73 Å². The monoisotopic (exact) mass is 143 g/mol. The Morgan fingerprint density at radius 3 is 2.50 bits per heavy atom. The lowest BCUT2D eigenvalue weighted by Gasteiger charge is -2.45. The highest BCUT2D eigenvalue weighted by atomic mass is 16.5. The Morgan fingerprint density at radius 2 is 2.20 bits per heavy atom. The highest BCUT2D eigenvalue weighted by Crippen LogP contribution is 2.39. The zero-order valence-electron chi connectivity index (χ0n) is 6.89. The summed E-state index contributed by atoms with van der Waals surface area (Å²) in [5.41, 5.74) is 5.66. The summed E-state index contributed by atoms with van der Waals surface area (Å²) in [5.74, 6) is 0.815. The van der Waals surface area contributed by atoms with Gasteiger partial charge in [-0.1, -0.05) is 6.92 Å². The van der Waals surface area contributed by atoms with E-state index in [-0.39, 0.29) is 5.60 Å². The van der Waals surface area contributed by atoms with Crippen molar-refractivity contribution in [1.29, 1.82) is 0 Å². The third-order valence-electron chi connectivity index (χ3n) is 2.26. The molecule has 60 valence electrons. The molecule has 0 aromatic carbocycles. The first-order valence-corrected chi connectivity index (χ1v) is 4.06. The predicted molar refractivity (Wildman–Crippen MR) is 41.8 cm³/mol. The van der Waals surface area contributed by atoms with Crippen molar-refractivity contribution in [2.24, 2.45) is 11.7 Å². The Morgan fingerprint density at radius 1 is 1.60 bits per heavy atom. The van der Waals surface area contributed by atoms with Crippen LogP contribution in [0, 0.1) is 5.92 Å². The van der Waals surface area contributed by atoms with Gasteiger partial charge in [-0.15, -0.1) is 0 Å². The van der Waals surface area contributed by atoms with E-state index in [4.69, 9.17) is 10.5 Å². The molecule has 0 amide bonds. The number of hydrogen-bond donors (Lipinski definition) is 1. The predicted octanol–water partition coefficient (Wildman–Crippen LogP) is 1.15. The summed E-state index contributed by atoms with van der Waals surface area (Å²) in [6.07, 6.45) is 2.30. The van der Waals surface area contributed by atoms with Gasteiger partial charge in [0.15, 0.2) is 0 Å². The van der Waals surface area contributed by atoms with Crippen LogP contribution in [0.2, 0.25) is 0 Å². The van der Waals surface area contributed by atoms with Crippen LogP contribution >= 0.6 is 0 Å². The molecule has 2 heteroatoms. The first-order chi connectivity index (χ1) is 4.72. The molecular weight excluding hydrogens is 126 g/mol. The maximum atomic E-state index is 5.59. The summed E-state index contributed by atoms with van der Waals surface area (Å²) >= 11 is 0. The first-order valence-electron chi connectivity index (χ1n) is 4.06. The van der Waals surface area contributed by atoms with Crippen molar-refractivity contribution in [3.8, 4) is 0 Å². The van der Waals surface area contributed by atoms with Gasteiger partial charge in [0.05, 0.1) is 5.60 Å². The van der Waals surface area contributed by atoms with Crippen molar-refractivity contribution in [3.63, 3.8) is 0 Å². The Bertz CT molecular complexity index is 102. The number of rotatable bonds is 3. The van der Waals surface area contributed by atoms with Crippen LogP contribution in [0.25, 0.3) is 0 Å². The molecule has 0 heterocycles. The molecule has 0 bridgehead atoms. The van der Waals surface area contributed by atoms with Gasteiger partial charge in [-0.25, -0.2) is 0 Å². The van der Waals surface area contributed by atoms with Crippen molar-refractivity contribution < 1.29 is 4.74 Å². The fraction of sp³-hybridized carbons (Fsp3) is 1.00. The first kappa shape index (κ1) is 8.02. The van der Waals surface area contributed by atoms with Gasteiger partial charge in [0, 0.05) is 13.2 Å². The maximum absolute atomic E-state index is 5.59. The molecule has 2 nitrogen and oxygen atoms in total. The largest absolute Gasteiger partial charge is 0.374 e. The molecule has 0 spiro atoms. The number of nitrogens with two attached hydrogens (primary N) is 1. The lowest BCUT2D eigenvalue weighted by atomic mass is 9.72. The van der Waals surface area contributed by atoms with Gasteiger partial charge in [0.2, 0.25) is 0 Å². The minimum absolute atomic E-state index is 0.0637. The quantitative estimate of drug-likeness (QED) is 0.643. The Kier molecular flexibility index (Phi) is 2.32. The minimum atomic E-state index is 0.0637. The van der Waals surface area contributed by atoms with Gasteiger partial charge in [0.1, 0.15) is 0 Å². The molecule has 2 N–H and O–H groups in total. The van der Waals surface area contributed by atoms with E-state index in [9.17, 15) is 0 Å². The summed E-state index contributed by atoms with van der Waals surface area (Å²) in [6, 6.07) is 0. The molecule has 1 fully saturated rings. The Hall–Kier alpha value is -0.0800. The molecule has 1 rings (SSSR count). The van der Waals surface area contributed by atoms with E-state index in [0.717, 1.165) is 25.4 Å². The van der Waals surface area contributed by atoms with Crippen LogP contribution in [-0.2, 0) is 4.74 Å². The van der Waals surface area contributed by atoms with E-state index >= 15 is 0 Å². The molecule has 0 saturated heterocycles. The van der Waals surface area contributed by atoms with Gasteiger partial charge >= 0.3 is 0 Å². The lowest BCUT2D eigenvalue weighted by molar-refractivity contribution is -0.113. The molecule has 10 heavy (non-hydrogen) atoms. The van der Waals surface area contributed by atoms with Crippen LogP contribution in [0.5, 0.6) is 0 Å². The summed E-state index contributed by atoms with van der Waals surface area (Å²) < 4.78 is 5.56.